The van der Waals surface area contributed by atoms with Crippen LogP contribution in [0.5, 0.6) is 5.75 Å². The average Bonchev–Trinajstić information content (AvgIpc) is 2.89. The van der Waals surface area contributed by atoms with Gasteiger partial charge in [0.05, 0.1) is 18.1 Å². The van der Waals surface area contributed by atoms with E-state index in [9.17, 15) is 9.59 Å². The molecule has 1 unspecified atom stereocenters. The molecule has 1 aromatic rings. The number of hydrogen-bond donors (Lipinski definition) is 1. The number of hydrogen-bond acceptors (Lipinski definition) is 3. The van der Waals surface area contributed by atoms with E-state index in [1.165, 1.54) is 0 Å². The largest absolute Gasteiger partial charge is 0.493 e. The number of aliphatic carboxylic acids is 1. The molecule has 1 saturated heterocycles. The van der Waals surface area contributed by atoms with Crippen LogP contribution in [0.3, 0.4) is 0 Å². The maximum atomic E-state index is 12.4. The van der Waals surface area contributed by atoms with E-state index in [0.29, 0.717) is 30.9 Å². The number of amides is 1. The van der Waals surface area contributed by atoms with Crippen LogP contribution < -0.4 is 4.74 Å². The van der Waals surface area contributed by atoms with Gasteiger partial charge < -0.3 is 14.7 Å². The molecule has 1 aliphatic heterocycles. The molecule has 1 amide bonds. The molecule has 5 nitrogen and oxygen atoms in total. The number of para-hydroxylation sites is 1. The maximum Gasteiger partial charge on any atom is 0.308 e. The quantitative estimate of drug-likeness (QED) is 0.924. The standard InChI is InChI=1S/C14H17NO4.ClH/c1-2-19-12-6-4-3-5-11(12)13(16)15-8-7-10(9-15)14(17)18;/h3-6,10H,2,7-9H2,1H3,(H,17,18);1H. The van der Waals surface area contributed by atoms with Crippen LogP contribution >= 0.6 is 12.4 Å². The van der Waals surface area contributed by atoms with Crippen molar-refractivity contribution in [3.8, 4) is 5.75 Å². The van der Waals surface area contributed by atoms with Crippen LogP contribution in [0.15, 0.2) is 24.3 Å². The fourth-order valence-electron chi connectivity index (χ4n) is 2.24. The van der Waals surface area contributed by atoms with E-state index in [1.54, 1.807) is 23.1 Å². The summed E-state index contributed by atoms with van der Waals surface area (Å²) in [6, 6.07) is 7.05. The first-order chi connectivity index (χ1) is 9.13. The third-order valence-corrected chi connectivity index (χ3v) is 3.24. The summed E-state index contributed by atoms with van der Waals surface area (Å²) in [5, 5.41) is 8.96. The van der Waals surface area contributed by atoms with E-state index in [1.807, 2.05) is 13.0 Å². The number of halogens is 1. The van der Waals surface area contributed by atoms with Gasteiger partial charge in [-0.05, 0) is 25.5 Å². The summed E-state index contributed by atoms with van der Waals surface area (Å²) in [5.41, 5.74) is 0.496. The summed E-state index contributed by atoms with van der Waals surface area (Å²) < 4.78 is 5.43. The van der Waals surface area contributed by atoms with Crippen LogP contribution in [0.25, 0.3) is 0 Å². The Morgan fingerprint density at radius 2 is 2.10 bits per heavy atom. The van der Waals surface area contributed by atoms with Crippen molar-refractivity contribution in [3.05, 3.63) is 29.8 Å². The van der Waals surface area contributed by atoms with E-state index in [0.717, 1.165) is 0 Å². The van der Waals surface area contributed by atoms with Gasteiger partial charge in [-0.1, -0.05) is 12.1 Å². The topological polar surface area (TPSA) is 66.8 Å². The minimum atomic E-state index is -0.839. The fourth-order valence-corrected chi connectivity index (χ4v) is 2.24. The third-order valence-electron chi connectivity index (χ3n) is 3.24. The van der Waals surface area contributed by atoms with Crippen LogP contribution in [0.2, 0.25) is 0 Å². The van der Waals surface area contributed by atoms with Gasteiger partial charge in [-0.15, -0.1) is 12.4 Å². The minimum Gasteiger partial charge on any atom is -0.493 e. The second kappa shape index (κ2) is 7.14. The molecule has 6 heteroatoms. The summed E-state index contributed by atoms with van der Waals surface area (Å²) in [5.74, 6) is -0.904. The lowest BCUT2D eigenvalue weighted by molar-refractivity contribution is -0.141. The van der Waals surface area contributed by atoms with E-state index in [4.69, 9.17) is 9.84 Å². The van der Waals surface area contributed by atoms with Gasteiger partial charge >= 0.3 is 5.97 Å². The Morgan fingerprint density at radius 1 is 1.40 bits per heavy atom. The summed E-state index contributed by atoms with van der Waals surface area (Å²) in [7, 11) is 0. The van der Waals surface area contributed by atoms with Crippen molar-refractivity contribution in [1.29, 1.82) is 0 Å². The molecule has 0 aromatic heterocycles. The molecule has 1 heterocycles. The highest BCUT2D eigenvalue weighted by Gasteiger charge is 2.32. The molecule has 0 aliphatic carbocycles. The molecule has 1 aromatic carbocycles. The fraction of sp³-hybridized carbons (Fsp3) is 0.429. The van der Waals surface area contributed by atoms with Gasteiger partial charge in [0.15, 0.2) is 0 Å². The molecule has 110 valence electrons. The average molecular weight is 300 g/mol. The van der Waals surface area contributed by atoms with Crippen molar-refractivity contribution in [3.63, 3.8) is 0 Å². The summed E-state index contributed by atoms with van der Waals surface area (Å²) >= 11 is 0. The Balaban J connectivity index is 0.00000200. The maximum absolute atomic E-state index is 12.4. The Bertz CT molecular complexity index is 492. The predicted molar refractivity (Wildman–Crippen MR) is 76.5 cm³/mol. The molecule has 1 atom stereocenters. The second-order valence-corrected chi connectivity index (χ2v) is 4.50. The lowest BCUT2D eigenvalue weighted by atomic mass is 10.1. The molecule has 0 bridgehead atoms. The van der Waals surface area contributed by atoms with Crippen LogP contribution in [0.1, 0.15) is 23.7 Å². The first kappa shape index (κ1) is 16.3. The van der Waals surface area contributed by atoms with E-state index >= 15 is 0 Å². The molecular formula is C14H18ClNO4. The number of rotatable bonds is 4. The zero-order valence-corrected chi connectivity index (χ0v) is 12.1. The molecule has 1 fully saturated rings. The number of likely N-dealkylation sites (tertiary alicyclic amines) is 1. The second-order valence-electron chi connectivity index (χ2n) is 4.50. The minimum absolute atomic E-state index is 0. The molecule has 2 rings (SSSR count). The number of ether oxygens (including phenoxy) is 1. The number of nitrogens with zero attached hydrogens (tertiary/aromatic N) is 1. The number of carboxylic acids is 1. The Morgan fingerprint density at radius 3 is 2.70 bits per heavy atom. The highest BCUT2D eigenvalue weighted by molar-refractivity contribution is 5.97. The Labute approximate surface area is 123 Å². The zero-order valence-electron chi connectivity index (χ0n) is 11.2. The van der Waals surface area contributed by atoms with Crippen LogP contribution in [0, 0.1) is 5.92 Å². The molecule has 0 saturated carbocycles. The number of benzene rings is 1. The van der Waals surface area contributed by atoms with Gasteiger partial charge in [0.2, 0.25) is 0 Å². The van der Waals surface area contributed by atoms with E-state index in [-0.39, 0.29) is 24.9 Å². The van der Waals surface area contributed by atoms with Crippen LogP contribution in [0.4, 0.5) is 0 Å². The highest BCUT2D eigenvalue weighted by atomic mass is 35.5. The molecule has 0 radical (unpaired) electrons. The Kier molecular flexibility index (Phi) is 5.82. The number of carboxylic acid groups (broad SMARTS) is 1. The summed E-state index contributed by atoms with van der Waals surface area (Å²) in [6.45, 7) is 3.10. The third kappa shape index (κ3) is 3.42. The van der Waals surface area contributed by atoms with Crippen LogP contribution in [-0.2, 0) is 4.79 Å². The summed E-state index contributed by atoms with van der Waals surface area (Å²) in [6.07, 6.45) is 0.512. The van der Waals surface area contributed by atoms with Gasteiger partial charge in [-0.3, -0.25) is 9.59 Å². The van der Waals surface area contributed by atoms with Gasteiger partial charge in [-0.2, -0.15) is 0 Å². The van der Waals surface area contributed by atoms with Gasteiger partial charge in [0, 0.05) is 13.1 Å². The van der Waals surface area contributed by atoms with Crippen molar-refractivity contribution < 1.29 is 19.4 Å². The first-order valence-corrected chi connectivity index (χ1v) is 6.37. The SMILES string of the molecule is CCOc1ccccc1C(=O)N1CCC(C(=O)O)C1.Cl. The van der Waals surface area contributed by atoms with Gasteiger partial charge in [0.25, 0.3) is 5.91 Å². The highest BCUT2D eigenvalue weighted by Crippen LogP contribution is 2.24. The smallest absolute Gasteiger partial charge is 0.308 e. The predicted octanol–water partition coefficient (Wildman–Crippen LogP) is 2.05. The molecule has 20 heavy (non-hydrogen) atoms. The van der Waals surface area contributed by atoms with E-state index in [2.05, 4.69) is 0 Å². The Hall–Kier alpha value is -1.75. The van der Waals surface area contributed by atoms with Gasteiger partial charge in [0.1, 0.15) is 5.75 Å². The van der Waals surface area contributed by atoms with Crippen molar-refractivity contribution >= 4 is 24.3 Å². The zero-order chi connectivity index (χ0) is 13.8. The molecule has 1 aliphatic rings. The van der Waals surface area contributed by atoms with Crippen LogP contribution in [-0.4, -0.2) is 41.6 Å². The molecule has 1 N–H and O–H groups in total. The summed E-state index contributed by atoms with van der Waals surface area (Å²) in [4.78, 5) is 24.9. The number of carbonyl (C=O) groups excluding carboxylic acids is 1. The monoisotopic (exact) mass is 299 g/mol. The molecular weight excluding hydrogens is 282 g/mol. The lowest BCUT2D eigenvalue weighted by Crippen LogP contribution is -2.30. The normalized spacial score (nSPS) is 17.4. The van der Waals surface area contributed by atoms with Gasteiger partial charge in [-0.25, -0.2) is 0 Å². The van der Waals surface area contributed by atoms with Crippen molar-refractivity contribution in [1.82, 2.24) is 4.90 Å². The van der Waals surface area contributed by atoms with Crippen molar-refractivity contribution in [2.45, 2.75) is 13.3 Å². The molecule has 0 spiro atoms. The number of carbonyl (C=O) groups is 2. The van der Waals surface area contributed by atoms with E-state index < -0.39 is 11.9 Å². The van der Waals surface area contributed by atoms with Crippen molar-refractivity contribution in [2.75, 3.05) is 19.7 Å². The lowest BCUT2D eigenvalue weighted by Gasteiger charge is -2.17. The van der Waals surface area contributed by atoms with Crippen molar-refractivity contribution in [2.24, 2.45) is 5.92 Å². The first-order valence-electron chi connectivity index (χ1n) is 6.37.